The van der Waals surface area contributed by atoms with Crippen molar-refractivity contribution in [1.82, 2.24) is 10.2 Å². The van der Waals surface area contributed by atoms with Gasteiger partial charge in [0.25, 0.3) is 0 Å². The third-order valence-electron chi connectivity index (χ3n) is 10.1. The quantitative estimate of drug-likeness (QED) is 0.102. The topological polar surface area (TPSA) is 110 Å². The summed E-state index contributed by atoms with van der Waals surface area (Å²) in [5, 5.41) is 13.3. The Morgan fingerprint density at radius 1 is 1.11 bits per heavy atom. The molecule has 3 aliphatic rings. The van der Waals surface area contributed by atoms with E-state index in [9.17, 15) is 14.7 Å². The summed E-state index contributed by atoms with van der Waals surface area (Å²) in [6.45, 7) is 16.3. The van der Waals surface area contributed by atoms with Gasteiger partial charge in [-0.15, -0.1) is 0 Å². The highest BCUT2D eigenvalue weighted by Crippen LogP contribution is 2.47. The number of amides is 1. The molecule has 0 radical (unpaired) electrons. The summed E-state index contributed by atoms with van der Waals surface area (Å²) in [4.78, 5) is 26.6. The fraction of sp³-hybridized carbons (Fsp3) is 0.838. The van der Waals surface area contributed by atoms with E-state index < -0.39 is 6.10 Å². The van der Waals surface area contributed by atoms with Crippen molar-refractivity contribution in [2.45, 2.75) is 142 Å². The second kappa shape index (κ2) is 19.3. The molecule has 0 bridgehead atoms. The number of hydrogen-bond acceptors (Lipinski definition) is 8. The molecule has 0 aromatic heterocycles. The van der Waals surface area contributed by atoms with Gasteiger partial charge in [0, 0.05) is 45.5 Å². The predicted molar refractivity (Wildman–Crippen MR) is 182 cm³/mol. The third-order valence-corrected chi connectivity index (χ3v) is 10.1. The van der Waals surface area contributed by atoms with Gasteiger partial charge in [0.05, 0.1) is 42.7 Å². The molecule has 3 saturated heterocycles. The summed E-state index contributed by atoms with van der Waals surface area (Å²) in [5.41, 5.74) is 1.03. The van der Waals surface area contributed by atoms with E-state index in [0.717, 1.165) is 71.0 Å². The molecule has 3 rings (SSSR count). The molecule has 46 heavy (non-hydrogen) atoms. The third kappa shape index (κ3) is 12.3. The maximum atomic E-state index is 12.6. The Balaban J connectivity index is 1.32. The van der Waals surface area contributed by atoms with Crippen LogP contribution in [0.3, 0.4) is 0 Å². The Bertz CT molecular complexity index is 992. The van der Waals surface area contributed by atoms with Gasteiger partial charge in [-0.05, 0) is 96.1 Å². The maximum Gasteiger partial charge on any atom is 0.409 e. The number of ketones is 1. The van der Waals surface area contributed by atoms with Gasteiger partial charge in [0.2, 0.25) is 0 Å². The summed E-state index contributed by atoms with van der Waals surface area (Å²) >= 11 is 0. The molecule has 3 aliphatic heterocycles. The molecule has 2 N–H and O–H groups in total. The largest absolute Gasteiger partial charge is 0.449 e. The lowest BCUT2D eigenvalue weighted by atomic mass is 9.85. The smallest absolute Gasteiger partial charge is 0.409 e. The minimum absolute atomic E-state index is 0.0723. The van der Waals surface area contributed by atoms with Gasteiger partial charge in [-0.3, -0.25) is 4.79 Å². The van der Waals surface area contributed by atoms with Gasteiger partial charge in [0.15, 0.2) is 0 Å². The van der Waals surface area contributed by atoms with Crippen molar-refractivity contribution in [2.75, 3.05) is 39.9 Å². The van der Waals surface area contributed by atoms with Crippen molar-refractivity contribution in [1.29, 1.82) is 0 Å². The zero-order valence-corrected chi connectivity index (χ0v) is 29.8. The number of unbranched alkanes of at least 4 members (excludes halogenated alkanes) is 2. The molecule has 3 fully saturated rings. The predicted octanol–water partition coefficient (Wildman–Crippen LogP) is 6.23. The molecule has 9 heteroatoms. The number of nitrogens with zero attached hydrogens (tertiary/aromatic N) is 1. The molecule has 264 valence electrons. The maximum absolute atomic E-state index is 12.6. The van der Waals surface area contributed by atoms with Crippen LogP contribution in [0.15, 0.2) is 23.8 Å². The highest BCUT2D eigenvalue weighted by molar-refractivity contribution is 5.78. The molecule has 1 amide bonds. The number of aliphatic hydroxyl groups excluding tert-OH is 1. The normalized spacial score (nSPS) is 30.0. The van der Waals surface area contributed by atoms with Crippen molar-refractivity contribution in [2.24, 2.45) is 17.8 Å². The fourth-order valence-electron chi connectivity index (χ4n) is 7.41. The van der Waals surface area contributed by atoms with Gasteiger partial charge in [-0.2, -0.15) is 0 Å². The first-order chi connectivity index (χ1) is 21.9. The summed E-state index contributed by atoms with van der Waals surface area (Å²) in [6, 6.07) is 0. The minimum atomic E-state index is -0.531. The Hall–Kier alpha value is -1.78. The molecule has 0 aromatic carbocycles. The number of Topliss-reactive ketones (excluding diaryl/α,β-unsaturated/α-hetero) is 1. The summed E-state index contributed by atoms with van der Waals surface area (Å²) in [6.07, 6.45) is 14.3. The van der Waals surface area contributed by atoms with Crippen molar-refractivity contribution in [3.8, 4) is 0 Å². The molecule has 9 nitrogen and oxygen atoms in total. The number of aliphatic hydroxyl groups is 1. The van der Waals surface area contributed by atoms with Crippen molar-refractivity contribution < 1.29 is 33.6 Å². The molecular formula is C37H64N2O7. The second-order valence-electron chi connectivity index (χ2n) is 14.5. The number of nitrogens with one attached hydrogen (secondary N) is 1. The standard InChI is InChI=1S/C37H64N2O7/c1-26(25-37(6)35(46-37)29(4)34(43-7)30(5)40)13-11-14-27(2)33-28(3)16-18-32(45-33)19-17-31(41)15-9-8-10-24-44-36(42)39-22-12-20-38-21-23-39/h11,13-14,26,28-30,32-35,38,40H,8-10,12,15-25H2,1-7H3/b13-11+,27-14+/t26-,28+,29-,30-,32-,33-,34-,35-,37-/m1/s1. The van der Waals surface area contributed by atoms with E-state index in [1.807, 2.05) is 0 Å². The Labute approximate surface area is 278 Å². The van der Waals surface area contributed by atoms with Crippen LogP contribution in [0.25, 0.3) is 0 Å². The summed E-state index contributed by atoms with van der Waals surface area (Å²) in [5.74, 6) is 1.21. The van der Waals surface area contributed by atoms with Gasteiger partial charge in [0.1, 0.15) is 5.78 Å². The molecule has 0 aromatic rings. The van der Waals surface area contributed by atoms with E-state index >= 15 is 0 Å². The number of ether oxygens (including phenoxy) is 4. The van der Waals surface area contributed by atoms with Crippen LogP contribution >= 0.6 is 0 Å². The first kappa shape index (κ1) is 38.7. The zero-order chi connectivity index (χ0) is 33.7. The lowest BCUT2D eigenvalue weighted by Gasteiger charge is -2.35. The van der Waals surface area contributed by atoms with E-state index in [4.69, 9.17) is 18.9 Å². The lowest BCUT2D eigenvalue weighted by Crippen LogP contribution is -2.36. The SMILES string of the molecule is CO[C@H]([C@@H](C)[C@H]1O[C@]1(C)C[C@H](C)/C=C/C=C(\C)[C@H]1O[C@@H](CCC(=O)CCCCCOC(=O)N2CCCNCC2)CC[C@@H]1C)[C@@H](C)O. The number of epoxide rings is 1. The second-order valence-corrected chi connectivity index (χ2v) is 14.5. The van der Waals surface area contributed by atoms with E-state index in [1.54, 1.807) is 18.9 Å². The minimum Gasteiger partial charge on any atom is -0.449 e. The average Bonchev–Trinajstić information content (AvgIpc) is 3.75. The Morgan fingerprint density at radius 3 is 2.63 bits per heavy atom. The first-order valence-corrected chi connectivity index (χ1v) is 18.0. The number of allylic oxidation sites excluding steroid dienone is 3. The van der Waals surface area contributed by atoms with E-state index in [2.05, 4.69) is 58.2 Å². The number of carbonyl (C=O) groups is 2. The summed E-state index contributed by atoms with van der Waals surface area (Å²) < 4.78 is 23.6. The highest BCUT2D eigenvalue weighted by atomic mass is 16.6. The van der Waals surface area contributed by atoms with Gasteiger partial charge >= 0.3 is 6.09 Å². The van der Waals surface area contributed by atoms with E-state index in [-0.39, 0.29) is 42.0 Å². The van der Waals surface area contributed by atoms with Crippen molar-refractivity contribution >= 4 is 11.9 Å². The van der Waals surface area contributed by atoms with E-state index in [1.165, 1.54) is 5.57 Å². The van der Waals surface area contributed by atoms with Crippen LogP contribution in [0.4, 0.5) is 4.79 Å². The number of carbonyl (C=O) groups excluding carboxylic acids is 2. The zero-order valence-electron chi connectivity index (χ0n) is 29.8. The van der Waals surface area contributed by atoms with Crippen LogP contribution in [0.2, 0.25) is 0 Å². The lowest BCUT2D eigenvalue weighted by molar-refractivity contribution is -0.121. The fourth-order valence-corrected chi connectivity index (χ4v) is 7.41. The molecule has 0 spiro atoms. The van der Waals surface area contributed by atoms with Gasteiger partial charge in [-0.1, -0.05) is 39.0 Å². The van der Waals surface area contributed by atoms with Crippen LogP contribution in [-0.4, -0.2) is 97.9 Å². The molecule has 0 aliphatic carbocycles. The number of rotatable bonds is 18. The molecule has 3 heterocycles. The summed E-state index contributed by atoms with van der Waals surface area (Å²) in [7, 11) is 1.65. The molecule has 0 saturated carbocycles. The van der Waals surface area contributed by atoms with Crippen LogP contribution in [0.1, 0.15) is 106 Å². The Morgan fingerprint density at radius 2 is 1.89 bits per heavy atom. The molecule has 9 atom stereocenters. The van der Waals surface area contributed by atoms with E-state index in [0.29, 0.717) is 43.6 Å². The van der Waals surface area contributed by atoms with Gasteiger partial charge < -0.3 is 34.3 Å². The molecular weight excluding hydrogens is 584 g/mol. The van der Waals surface area contributed by atoms with Crippen molar-refractivity contribution in [3.63, 3.8) is 0 Å². The van der Waals surface area contributed by atoms with Gasteiger partial charge in [-0.25, -0.2) is 4.79 Å². The van der Waals surface area contributed by atoms with Crippen LogP contribution in [0, 0.1) is 17.8 Å². The average molecular weight is 649 g/mol. The monoisotopic (exact) mass is 648 g/mol. The van der Waals surface area contributed by atoms with Crippen LogP contribution in [-0.2, 0) is 23.7 Å². The highest BCUT2D eigenvalue weighted by Gasteiger charge is 2.56. The number of hydrogen-bond donors (Lipinski definition) is 2. The number of methoxy groups -OCH3 is 1. The van der Waals surface area contributed by atoms with Crippen molar-refractivity contribution in [3.05, 3.63) is 23.8 Å². The van der Waals surface area contributed by atoms with Crippen LogP contribution in [0.5, 0.6) is 0 Å². The first-order valence-electron chi connectivity index (χ1n) is 18.0. The molecule has 0 unspecified atom stereocenters. The van der Waals surface area contributed by atoms with Crippen LogP contribution < -0.4 is 5.32 Å². The Kier molecular flexibility index (Phi) is 16.2.